The number of carboxylic acid groups (broad SMARTS) is 1. The molecule has 6 heteroatoms. The average molecular weight is 276 g/mol. The Hall–Kier alpha value is -1.43. The number of amides is 1. The number of aromatic carboxylic acids is 1. The molecule has 2 N–H and O–H groups in total. The largest absolute Gasteiger partial charge is 0.478 e. The van der Waals surface area contributed by atoms with E-state index in [0.29, 0.717) is 0 Å². The Morgan fingerprint density at radius 1 is 1.47 bits per heavy atom. The smallest absolute Gasteiger partial charge is 0.340 e. The average Bonchev–Trinajstić information content (AvgIpc) is 2.10. The normalized spacial score (nSPS) is 9.80. The van der Waals surface area contributed by atoms with Crippen LogP contribution in [0.15, 0.2) is 16.6 Å². The number of nitrogens with one attached hydrogen (secondary N) is 1. The summed E-state index contributed by atoms with van der Waals surface area (Å²) < 4.78 is 13.4. The van der Waals surface area contributed by atoms with Gasteiger partial charge in [-0.15, -0.1) is 0 Å². The molecule has 0 radical (unpaired) electrons. The number of carboxylic acids is 1. The lowest BCUT2D eigenvalue weighted by molar-refractivity contribution is -0.114. The molecule has 80 valence electrons. The highest BCUT2D eigenvalue weighted by molar-refractivity contribution is 9.10. The summed E-state index contributed by atoms with van der Waals surface area (Å²) in [4.78, 5) is 21.5. The van der Waals surface area contributed by atoms with Gasteiger partial charge in [0.1, 0.15) is 5.56 Å². The van der Waals surface area contributed by atoms with Crippen LogP contribution in [0.5, 0.6) is 0 Å². The van der Waals surface area contributed by atoms with E-state index in [1.165, 1.54) is 19.1 Å². The van der Waals surface area contributed by atoms with Crippen LogP contribution < -0.4 is 5.32 Å². The van der Waals surface area contributed by atoms with Gasteiger partial charge in [0.15, 0.2) is 5.82 Å². The molecule has 0 heterocycles. The number of halogens is 2. The number of anilines is 1. The first-order valence-electron chi connectivity index (χ1n) is 3.92. The highest BCUT2D eigenvalue weighted by Crippen LogP contribution is 2.25. The van der Waals surface area contributed by atoms with Gasteiger partial charge in [0, 0.05) is 6.92 Å². The van der Waals surface area contributed by atoms with Gasteiger partial charge in [-0.3, -0.25) is 4.79 Å². The van der Waals surface area contributed by atoms with Crippen LogP contribution in [0, 0.1) is 5.82 Å². The highest BCUT2D eigenvalue weighted by atomic mass is 79.9. The van der Waals surface area contributed by atoms with Crippen molar-refractivity contribution in [1.82, 2.24) is 0 Å². The monoisotopic (exact) mass is 275 g/mol. The summed E-state index contributed by atoms with van der Waals surface area (Å²) in [6.45, 7) is 1.21. The molecule has 0 aromatic heterocycles. The van der Waals surface area contributed by atoms with E-state index in [0.717, 1.165) is 0 Å². The van der Waals surface area contributed by atoms with E-state index in [-0.39, 0.29) is 10.2 Å². The molecule has 0 spiro atoms. The van der Waals surface area contributed by atoms with Crippen molar-refractivity contribution < 1.29 is 19.1 Å². The second-order valence-corrected chi connectivity index (χ2v) is 3.62. The van der Waals surface area contributed by atoms with Crippen molar-refractivity contribution in [1.29, 1.82) is 0 Å². The van der Waals surface area contributed by atoms with Crippen LogP contribution in [-0.2, 0) is 4.79 Å². The fraction of sp³-hybridized carbons (Fsp3) is 0.111. The predicted octanol–water partition coefficient (Wildman–Crippen LogP) is 2.24. The van der Waals surface area contributed by atoms with E-state index in [4.69, 9.17) is 5.11 Å². The third-order valence-electron chi connectivity index (χ3n) is 1.62. The van der Waals surface area contributed by atoms with Crippen LogP contribution in [0.25, 0.3) is 0 Å². The van der Waals surface area contributed by atoms with Gasteiger partial charge in [-0.1, -0.05) is 0 Å². The summed E-state index contributed by atoms with van der Waals surface area (Å²) >= 11 is 2.86. The first kappa shape index (κ1) is 11.6. The minimum absolute atomic E-state index is 0.0361. The maximum absolute atomic E-state index is 13.4. The van der Waals surface area contributed by atoms with E-state index < -0.39 is 23.3 Å². The molecule has 1 aromatic rings. The standard InChI is InChI=1S/C9H7BrFNO3/c1-4(13)12-6-3-2-5(10)8(11)7(6)9(14)15/h2-3H,1H3,(H,12,13)(H,14,15). The van der Waals surface area contributed by atoms with Crippen molar-refractivity contribution >= 4 is 33.5 Å². The van der Waals surface area contributed by atoms with Crippen LogP contribution in [-0.4, -0.2) is 17.0 Å². The van der Waals surface area contributed by atoms with E-state index in [9.17, 15) is 14.0 Å². The first-order chi connectivity index (χ1) is 6.93. The molecule has 0 aliphatic heterocycles. The second-order valence-electron chi connectivity index (χ2n) is 2.77. The van der Waals surface area contributed by atoms with Crippen molar-refractivity contribution in [2.45, 2.75) is 6.92 Å². The van der Waals surface area contributed by atoms with Crippen LogP contribution >= 0.6 is 15.9 Å². The van der Waals surface area contributed by atoms with Crippen molar-refractivity contribution in [3.05, 3.63) is 28.0 Å². The molecule has 0 saturated heterocycles. The molecule has 15 heavy (non-hydrogen) atoms. The Kier molecular flexibility index (Phi) is 3.41. The Labute approximate surface area is 93.2 Å². The summed E-state index contributed by atoms with van der Waals surface area (Å²) in [6, 6.07) is 2.64. The van der Waals surface area contributed by atoms with Gasteiger partial charge >= 0.3 is 5.97 Å². The predicted molar refractivity (Wildman–Crippen MR) is 55.4 cm³/mol. The number of hydrogen-bond acceptors (Lipinski definition) is 2. The molecule has 0 unspecified atom stereocenters. The Morgan fingerprint density at radius 2 is 2.07 bits per heavy atom. The second kappa shape index (κ2) is 4.39. The van der Waals surface area contributed by atoms with Crippen LogP contribution in [0.4, 0.5) is 10.1 Å². The van der Waals surface area contributed by atoms with Crippen LogP contribution in [0.2, 0.25) is 0 Å². The van der Waals surface area contributed by atoms with Gasteiger partial charge in [0.25, 0.3) is 0 Å². The topological polar surface area (TPSA) is 66.4 Å². The summed E-state index contributed by atoms with van der Waals surface area (Å²) in [7, 11) is 0. The molecule has 4 nitrogen and oxygen atoms in total. The van der Waals surface area contributed by atoms with Gasteiger partial charge < -0.3 is 10.4 Å². The minimum Gasteiger partial charge on any atom is -0.478 e. The number of benzene rings is 1. The van der Waals surface area contributed by atoms with E-state index in [1.807, 2.05) is 0 Å². The Morgan fingerprint density at radius 3 is 2.53 bits per heavy atom. The number of rotatable bonds is 2. The molecule has 1 amide bonds. The first-order valence-corrected chi connectivity index (χ1v) is 4.71. The SMILES string of the molecule is CC(=O)Nc1ccc(Br)c(F)c1C(=O)O. The van der Waals surface area contributed by atoms with Crippen LogP contribution in [0.3, 0.4) is 0 Å². The van der Waals surface area contributed by atoms with E-state index in [2.05, 4.69) is 21.2 Å². The molecule has 0 fully saturated rings. The van der Waals surface area contributed by atoms with Crippen LogP contribution in [0.1, 0.15) is 17.3 Å². The molecule has 1 rings (SSSR count). The Balaban J connectivity index is 3.33. The number of hydrogen-bond donors (Lipinski definition) is 2. The zero-order valence-corrected chi connectivity index (χ0v) is 9.26. The van der Waals surface area contributed by atoms with Crippen molar-refractivity contribution in [2.75, 3.05) is 5.32 Å². The molecule has 0 bridgehead atoms. The van der Waals surface area contributed by atoms with E-state index >= 15 is 0 Å². The molecule has 1 aromatic carbocycles. The maximum atomic E-state index is 13.4. The quantitative estimate of drug-likeness (QED) is 0.870. The third-order valence-corrected chi connectivity index (χ3v) is 2.23. The van der Waals surface area contributed by atoms with Gasteiger partial charge in [0.2, 0.25) is 5.91 Å². The molecular formula is C9H7BrFNO3. The fourth-order valence-corrected chi connectivity index (χ4v) is 1.38. The summed E-state index contributed by atoms with van der Waals surface area (Å²) in [5, 5.41) is 11.0. The number of carbonyl (C=O) groups is 2. The highest BCUT2D eigenvalue weighted by Gasteiger charge is 2.18. The van der Waals surface area contributed by atoms with Gasteiger partial charge in [-0.2, -0.15) is 0 Å². The lowest BCUT2D eigenvalue weighted by atomic mass is 10.1. The summed E-state index contributed by atoms with van der Waals surface area (Å²) in [5.74, 6) is -2.80. The number of carbonyl (C=O) groups excluding carboxylic acids is 1. The van der Waals surface area contributed by atoms with Gasteiger partial charge in [-0.05, 0) is 28.1 Å². The summed E-state index contributed by atoms with van der Waals surface area (Å²) in [5.41, 5.74) is -0.615. The maximum Gasteiger partial charge on any atom is 0.340 e. The van der Waals surface area contributed by atoms with Gasteiger partial charge in [-0.25, -0.2) is 9.18 Å². The fourth-order valence-electron chi connectivity index (χ4n) is 1.05. The third kappa shape index (κ3) is 2.53. The lowest BCUT2D eigenvalue weighted by Crippen LogP contribution is -2.12. The van der Waals surface area contributed by atoms with Crippen molar-refractivity contribution in [3.63, 3.8) is 0 Å². The molecule has 0 aliphatic rings. The molecular weight excluding hydrogens is 269 g/mol. The lowest BCUT2D eigenvalue weighted by Gasteiger charge is -2.08. The minimum atomic E-state index is -1.43. The molecule has 0 aliphatic carbocycles. The van der Waals surface area contributed by atoms with Crippen molar-refractivity contribution in [2.24, 2.45) is 0 Å². The Bertz CT molecular complexity index is 434. The zero-order valence-electron chi connectivity index (χ0n) is 7.67. The molecule has 0 saturated carbocycles. The van der Waals surface area contributed by atoms with Gasteiger partial charge in [0.05, 0.1) is 10.2 Å². The van der Waals surface area contributed by atoms with E-state index in [1.54, 1.807) is 0 Å². The van der Waals surface area contributed by atoms with Crippen molar-refractivity contribution in [3.8, 4) is 0 Å². The zero-order chi connectivity index (χ0) is 11.6. The summed E-state index contributed by atoms with van der Waals surface area (Å²) in [6.07, 6.45) is 0. The molecule has 0 atom stereocenters.